The van der Waals surface area contributed by atoms with E-state index in [-0.39, 0.29) is 58.8 Å². The van der Waals surface area contributed by atoms with E-state index in [4.69, 9.17) is 0 Å². The van der Waals surface area contributed by atoms with Crippen molar-refractivity contribution in [1.82, 2.24) is 23.9 Å². The van der Waals surface area contributed by atoms with Gasteiger partial charge in [0.05, 0.1) is 17.7 Å². The van der Waals surface area contributed by atoms with E-state index in [0.717, 1.165) is 27.6 Å². The highest BCUT2D eigenvalue weighted by Crippen LogP contribution is 2.32. The van der Waals surface area contributed by atoms with Crippen LogP contribution in [0.5, 0.6) is 0 Å². The summed E-state index contributed by atoms with van der Waals surface area (Å²) in [5, 5.41) is 10.4. The fourth-order valence-electron chi connectivity index (χ4n) is 3.89. The maximum absolute atomic E-state index is 15.3. The molecule has 0 radical (unpaired) electrons. The number of fused-ring (bicyclic) bond motifs is 1. The monoisotopic (exact) mass is 500 g/mol. The number of aromatic carboxylic acids is 1. The van der Waals surface area contributed by atoms with Gasteiger partial charge >= 0.3 is 5.97 Å². The molecule has 0 aromatic carbocycles. The van der Waals surface area contributed by atoms with Gasteiger partial charge in [-0.05, 0) is 13.8 Å². The average Bonchev–Trinajstić information content (AvgIpc) is 3.42. The number of carboxylic acids is 1. The molecule has 4 aromatic rings. The molecule has 1 saturated heterocycles. The zero-order chi connectivity index (χ0) is 24.1. The Hall–Kier alpha value is -3.58. The number of nitrogens with zero attached hydrogens (tertiary/aromatic N) is 6. The van der Waals surface area contributed by atoms with Crippen molar-refractivity contribution in [3.8, 4) is 5.13 Å². The van der Waals surface area contributed by atoms with Gasteiger partial charge in [0.1, 0.15) is 22.7 Å². The van der Waals surface area contributed by atoms with Gasteiger partial charge in [0.15, 0.2) is 17.3 Å². The number of anilines is 1. The topological polar surface area (TPSA) is 131 Å². The third kappa shape index (κ3) is 3.66. The van der Waals surface area contributed by atoms with Crippen LogP contribution in [0, 0.1) is 25.6 Å². The van der Waals surface area contributed by atoms with Crippen LogP contribution in [0.4, 0.5) is 10.2 Å². The third-order valence-corrected chi connectivity index (χ3v) is 7.29. The first-order valence-electron chi connectivity index (χ1n) is 10.2. The number of rotatable bonds is 6. The normalized spacial score (nSPS) is 13.9. The number of halogens is 1. The van der Waals surface area contributed by atoms with E-state index >= 15 is 4.39 Å². The Morgan fingerprint density at radius 1 is 1.26 bits per heavy atom. The molecule has 1 N–H and O–H groups in total. The maximum Gasteiger partial charge on any atom is 0.341 e. The first-order chi connectivity index (χ1) is 16.2. The quantitative estimate of drug-likeness (QED) is 0.424. The molecule has 5 rings (SSSR count). The highest BCUT2D eigenvalue weighted by Gasteiger charge is 2.36. The zero-order valence-corrected chi connectivity index (χ0v) is 19.6. The molecule has 13 heteroatoms. The minimum absolute atomic E-state index is 0.000108. The number of ketones is 1. The zero-order valence-electron chi connectivity index (χ0n) is 18.0. The second kappa shape index (κ2) is 8.33. The number of carbonyl (C=O) groups is 2. The van der Waals surface area contributed by atoms with Gasteiger partial charge in [-0.2, -0.15) is 4.37 Å². The van der Waals surface area contributed by atoms with Crippen molar-refractivity contribution < 1.29 is 19.1 Å². The molecule has 0 spiro atoms. The maximum atomic E-state index is 15.3. The highest BCUT2D eigenvalue weighted by atomic mass is 32.1. The number of carboxylic acid groups (broad SMARTS) is 1. The Bertz CT molecular complexity index is 1510. The fourth-order valence-corrected chi connectivity index (χ4v) is 5.20. The lowest BCUT2D eigenvalue weighted by Gasteiger charge is -2.39. The summed E-state index contributed by atoms with van der Waals surface area (Å²) in [6.45, 7) is 3.91. The molecule has 0 atom stereocenters. The molecule has 10 nitrogen and oxygen atoms in total. The van der Waals surface area contributed by atoms with Gasteiger partial charge in [0, 0.05) is 47.5 Å². The predicted molar refractivity (Wildman–Crippen MR) is 124 cm³/mol. The molecule has 0 aliphatic carbocycles. The van der Waals surface area contributed by atoms with Crippen molar-refractivity contribution >= 4 is 51.5 Å². The number of aromatic nitrogens is 5. The van der Waals surface area contributed by atoms with Gasteiger partial charge in [0.25, 0.3) is 0 Å². The van der Waals surface area contributed by atoms with E-state index in [2.05, 4.69) is 19.3 Å². The number of carbonyl (C=O) groups excluding carboxylic acids is 1. The Kier molecular flexibility index (Phi) is 5.44. The van der Waals surface area contributed by atoms with E-state index in [1.165, 1.54) is 29.2 Å². The first kappa shape index (κ1) is 22.2. The number of thiazole rings is 1. The summed E-state index contributed by atoms with van der Waals surface area (Å²) >= 11 is 2.45. The van der Waals surface area contributed by atoms with Crippen molar-refractivity contribution in [2.24, 2.45) is 5.92 Å². The lowest BCUT2D eigenvalue weighted by molar-refractivity contribution is -0.122. The Morgan fingerprint density at radius 2 is 2.03 bits per heavy atom. The van der Waals surface area contributed by atoms with E-state index in [9.17, 15) is 19.5 Å². The molecule has 0 unspecified atom stereocenters. The molecule has 34 heavy (non-hydrogen) atoms. The van der Waals surface area contributed by atoms with Crippen molar-refractivity contribution in [3.63, 3.8) is 0 Å². The van der Waals surface area contributed by atoms with E-state index in [1.807, 2.05) is 6.92 Å². The van der Waals surface area contributed by atoms with Gasteiger partial charge in [-0.15, -0.1) is 11.3 Å². The molecule has 174 valence electrons. The van der Waals surface area contributed by atoms with Crippen molar-refractivity contribution in [2.75, 3.05) is 18.0 Å². The molecule has 0 saturated carbocycles. The van der Waals surface area contributed by atoms with Crippen LogP contribution in [0.1, 0.15) is 25.8 Å². The van der Waals surface area contributed by atoms with Crippen LogP contribution in [0.3, 0.4) is 0 Å². The van der Waals surface area contributed by atoms with Crippen molar-refractivity contribution in [2.45, 2.75) is 20.3 Å². The largest absolute Gasteiger partial charge is 0.477 e. The molecule has 5 heterocycles. The summed E-state index contributed by atoms with van der Waals surface area (Å²) in [5.41, 5.74) is -1.28. The summed E-state index contributed by atoms with van der Waals surface area (Å²) in [6, 6.07) is 0. The van der Waals surface area contributed by atoms with Crippen LogP contribution in [0.2, 0.25) is 0 Å². The minimum Gasteiger partial charge on any atom is -0.477 e. The van der Waals surface area contributed by atoms with Gasteiger partial charge in [-0.1, -0.05) is 0 Å². The average molecular weight is 501 g/mol. The number of hydrogen-bond acceptors (Lipinski definition) is 10. The number of hydrogen-bond donors (Lipinski definition) is 1. The third-order valence-electron chi connectivity index (χ3n) is 5.71. The molecule has 0 bridgehead atoms. The van der Waals surface area contributed by atoms with Crippen LogP contribution in [0.15, 0.2) is 23.5 Å². The number of pyridine rings is 2. The van der Waals surface area contributed by atoms with Crippen LogP contribution >= 0.6 is 22.9 Å². The standard InChI is InChI=1S/C21H17FN6O4S2/c1-9-4-23-14(33-9)3-13(29)11-5-27(6-11)19-16(22)10(2)15-17(30)12(20(31)32)7-28(18(15)26-19)21-24-8-25-34-21/h4,7-8,11H,3,5-6H2,1-2H3,(H,31,32). The van der Waals surface area contributed by atoms with Crippen molar-refractivity contribution in [1.29, 1.82) is 0 Å². The highest BCUT2D eigenvalue weighted by molar-refractivity contribution is 7.11. The first-order valence-corrected chi connectivity index (χ1v) is 11.8. The van der Waals surface area contributed by atoms with Crippen molar-refractivity contribution in [3.05, 3.63) is 55.8 Å². The summed E-state index contributed by atoms with van der Waals surface area (Å²) in [5.74, 6) is -2.41. The predicted octanol–water partition coefficient (Wildman–Crippen LogP) is 2.40. The number of Topliss-reactive ketones (excluding diaryl/α,β-unsaturated/α-hetero) is 1. The SMILES string of the molecule is Cc1cnc(CC(=O)C2CN(c3nc4c(c(C)c3F)c(=O)c(C(=O)O)cn4-c3ncns3)C2)s1. The molecule has 4 aromatic heterocycles. The molecule has 0 amide bonds. The lowest BCUT2D eigenvalue weighted by Crippen LogP contribution is -2.51. The van der Waals surface area contributed by atoms with E-state index < -0.39 is 22.8 Å². The minimum atomic E-state index is -1.44. The summed E-state index contributed by atoms with van der Waals surface area (Å²) in [7, 11) is 0. The number of aryl methyl sites for hydroxylation is 2. The van der Waals surface area contributed by atoms with Crippen LogP contribution in [-0.4, -0.2) is 53.8 Å². The van der Waals surface area contributed by atoms with Gasteiger partial charge in [0.2, 0.25) is 10.6 Å². The Balaban J connectivity index is 1.52. The molecular formula is C21H17FN6O4S2. The van der Waals surface area contributed by atoms with Crippen LogP contribution in [0.25, 0.3) is 16.2 Å². The van der Waals surface area contributed by atoms with Gasteiger partial charge in [-0.25, -0.2) is 24.1 Å². The van der Waals surface area contributed by atoms with Crippen LogP contribution in [-0.2, 0) is 11.2 Å². The molecule has 1 fully saturated rings. The van der Waals surface area contributed by atoms with Gasteiger partial charge in [-0.3, -0.25) is 14.2 Å². The summed E-state index contributed by atoms with van der Waals surface area (Å²) in [4.78, 5) is 52.5. The smallest absolute Gasteiger partial charge is 0.341 e. The molecule has 1 aliphatic heterocycles. The fraction of sp³-hybridized carbons (Fsp3) is 0.286. The Morgan fingerprint density at radius 3 is 2.65 bits per heavy atom. The second-order valence-electron chi connectivity index (χ2n) is 7.95. The summed E-state index contributed by atoms with van der Waals surface area (Å²) < 4.78 is 20.6. The summed E-state index contributed by atoms with van der Waals surface area (Å²) in [6.07, 6.45) is 4.38. The van der Waals surface area contributed by atoms with E-state index in [1.54, 1.807) is 11.1 Å². The second-order valence-corrected chi connectivity index (χ2v) is 10.0. The molecule has 1 aliphatic rings. The van der Waals surface area contributed by atoms with E-state index in [0.29, 0.717) is 0 Å². The lowest BCUT2D eigenvalue weighted by atomic mass is 9.93. The molecular weight excluding hydrogens is 483 g/mol. The van der Waals surface area contributed by atoms with Crippen LogP contribution < -0.4 is 10.3 Å². The Labute approximate surface area is 199 Å². The van der Waals surface area contributed by atoms with Gasteiger partial charge < -0.3 is 10.0 Å².